The topological polar surface area (TPSA) is 111 Å². The lowest BCUT2D eigenvalue weighted by Crippen LogP contribution is -2.31. The van der Waals surface area contributed by atoms with E-state index in [9.17, 15) is 18.4 Å². The fourth-order valence-electron chi connectivity index (χ4n) is 5.49. The monoisotopic (exact) mass is 644 g/mol. The van der Waals surface area contributed by atoms with E-state index in [1.54, 1.807) is 31.4 Å². The zero-order valence-electron chi connectivity index (χ0n) is 26.2. The van der Waals surface area contributed by atoms with Crippen molar-refractivity contribution in [2.24, 2.45) is 5.41 Å². The van der Waals surface area contributed by atoms with Crippen LogP contribution in [0.25, 0.3) is 10.9 Å². The van der Waals surface area contributed by atoms with Gasteiger partial charge < -0.3 is 35.0 Å². The highest BCUT2D eigenvalue weighted by atomic mass is 19.1. The van der Waals surface area contributed by atoms with Crippen LogP contribution in [0.2, 0.25) is 0 Å². The quantitative estimate of drug-likeness (QED) is 0.0896. The van der Waals surface area contributed by atoms with Gasteiger partial charge in [-0.3, -0.25) is 9.78 Å². The van der Waals surface area contributed by atoms with Crippen LogP contribution in [0.5, 0.6) is 17.2 Å². The van der Waals surface area contributed by atoms with Crippen LogP contribution in [0.3, 0.4) is 0 Å². The summed E-state index contributed by atoms with van der Waals surface area (Å²) >= 11 is 0. The number of ether oxygens (including phenoxy) is 3. The summed E-state index contributed by atoms with van der Waals surface area (Å²) in [6.45, 7) is 2.35. The number of rotatable bonds is 12. The number of aldehydes is 1. The molecule has 1 aliphatic heterocycles. The SMILES string of the molecule is CNc1ccc(Oc2ccnc3cc(OCCCNC4COC5(CC5)C4)ccc23)c(F)c1.O=CC1(C(=O)Nc2ccc(F)cc2)CC1. The van der Waals surface area contributed by atoms with Crippen molar-refractivity contribution in [3.8, 4) is 17.2 Å². The van der Waals surface area contributed by atoms with Gasteiger partial charge in [0.05, 0.1) is 24.3 Å². The van der Waals surface area contributed by atoms with Crippen LogP contribution in [0.1, 0.15) is 38.5 Å². The summed E-state index contributed by atoms with van der Waals surface area (Å²) in [7, 11) is 1.75. The summed E-state index contributed by atoms with van der Waals surface area (Å²) in [6.07, 6.45) is 8.03. The van der Waals surface area contributed by atoms with Crippen molar-refractivity contribution >= 4 is 34.5 Å². The molecule has 1 saturated heterocycles. The van der Waals surface area contributed by atoms with Crippen LogP contribution < -0.4 is 25.4 Å². The van der Waals surface area contributed by atoms with E-state index in [0.717, 1.165) is 42.6 Å². The van der Waals surface area contributed by atoms with Crippen molar-refractivity contribution in [3.63, 3.8) is 0 Å². The van der Waals surface area contributed by atoms with E-state index in [1.807, 2.05) is 18.2 Å². The Kier molecular flexibility index (Phi) is 9.65. The minimum atomic E-state index is -0.825. The summed E-state index contributed by atoms with van der Waals surface area (Å²) in [5.74, 6) is 0.395. The summed E-state index contributed by atoms with van der Waals surface area (Å²) in [6, 6.07) is 18.1. The fourth-order valence-corrected chi connectivity index (χ4v) is 5.49. The van der Waals surface area contributed by atoms with Crippen molar-refractivity contribution in [3.05, 3.63) is 84.6 Å². The Labute approximate surface area is 272 Å². The average molecular weight is 645 g/mol. The van der Waals surface area contributed by atoms with Crippen LogP contribution in [0.4, 0.5) is 20.2 Å². The second-order valence-electron chi connectivity index (χ2n) is 12.3. The number of fused-ring (bicyclic) bond motifs is 1. The van der Waals surface area contributed by atoms with Crippen molar-refractivity contribution in [1.82, 2.24) is 10.3 Å². The number of aromatic nitrogens is 1. The molecule has 47 heavy (non-hydrogen) atoms. The van der Waals surface area contributed by atoms with E-state index in [2.05, 4.69) is 20.9 Å². The molecular weight excluding hydrogens is 606 g/mol. The predicted molar refractivity (Wildman–Crippen MR) is 175 cm³/mol. The highest BCUT2D eigenvalue weighted by molar-refractivity contribution is 6.07. The third kappa shape index (κ3) is 8.04. The number of pyridine rings is 1. The molecule has 4 aromatic rings. The second-order valence-corrected chi connectivity index (χ2v) is 12.3. The molecule has 2 aliphatic carbocycles. The van der Waals surface area contributed by atoms with Gasteiger partial charge in [0.15, 0.2) is 11.6 Å². The van der Waals surface area contributed by atoms with Crippen molar-refractivity contribution in [1.29, 1.82) is 0 Å². The van der Waals surface area contributed by atoms with Gasteiger partial charge in [-0.15, -0.1) is 0 Å². The van der Waals surface area contributed by atoms with Crippen LogP contribution >= 0.6 is 0 Å². The van der Waals surface area contributed by atoms with Crippen molar-refractivity contribution in [2.45, 2.75) is 50.2 Å². The number of amides is 1. The molecule has 1 amide bonds. The molecule has 1 atom stereocenters. The first kappa shape index (κ1) is 32.3. The maximum absolute atomic E-state index is 14.3. The van der Waals surface area contributed by atoms with E-state index in [0.29, 0.717) is 48.9 Å². The molecule has 1 spiro atoms. The molecular formula is C36H38F2N4O5. The normalized spacial score (nSPS) is 18.1. The van der Waals surface area contributed by atoms with Gasteiger partial charge in [0.2, 0.25) is 5.91 Å². The molecule has 3 N–H and O–H groups in total. The number of benzene rings is 3. The fraction of sp³-hybridized carbons (Fsp3) is 0.361. The number of carbonyl (C=O) groups is 2. The summed E-state index contributed by atoms with van der Waals surface area (Å²) in [4.78, 5) is 26.7. The van der Waals surface area contributed by atoms with Crippen LogP contribution in [-0.4, -0.2) is 55.6 Å². The minimum Gasteiger partial charge on any atom is -0.493 e. The Morgan fingerprint density at radius 2 is 1.79 bits per heavy atom. The standard InChI is InChI=1S/C25H28FN3O3.C11H10FNO2/c1-27-17-3-6-24(21(26)13-17)32-23-7-11-29-22-14-19(4-5-20(22)23)30-12-2-10-28-18-15-25(8-9-25)31-16-18;12-8-1-3-9(4-2-8)13-10(15)11(7-14)5-6-11/h3-7,11,13-14,18,27-28H,2,8-10,12,15-16H2,1H3;1-4,7H,5-6H2,(H,13,15). The number of nitrogens with zero attached hydrogens (tertiary/aromatic N) is 1. The number of nitrogens with one attached hydrogen (secondary N) is 3. The molecule has 11 heteroatoms. The van der Waals surface area contributed by atoms with Crippen LogP contribution in [-0.2, 0) is 14.3 Å². The number of carbonyl (C=O) groups excluding carboxylic acids is 2. The van der Waals surface area contributed by atoms with E-state index in [4.69, 9.17) is 14.2 Å². The van der Waals surface area contributed by atoms with Crippen molar-refractivity contribution < 1.29 is 32.6 Å². The zero-order chi connectivity index (χ0) is 32.9. The van der Waals surface area contributed by atoms with Gasteiger partial charge in [0.25, 0.3) is 0 Å². The summed E-state index contributed by atoms with van der Waals surface area (Å²) in [5.41, 5.74) is 1.33. The van der Waals surface area contributed by atoms with Crippen LogP contribution in [0.15, 0.2) is 72.9 Å². The Bertz CT molecular complexity index is 1730. The summed E-state index contributed by atoms with van der Waals surface area (Å²) < 4.78 is 44.5. The molecule has 3 fully saturated rings. The second kappa shape index (κ2) is 14.0. The van der Waals surface area contributed by atoms with E-state index in [-0.39, 0.29) is 23.1 Å². The molecule has 0 radical (unpaired) electrons. The van der Waals surface area contributed by atoms with E-state index < -0.39 is 11.2 Å². The average Bonchev–Trinajstić information content (AvgIpc) is 4.00. The number of hydrogen-bond donors (Lipinski definition) is 3. The third-order valence-corrected chi connectivity index (χ3v) is 8.72. The first-order valence-electron chi connectivity index (χ1n) is 15.9. The smallest absolute Gasteiger partial charge is 0.237 e. The molecule has 1 unspecified atom stereocenters. The lowest BCUT2D eigenvalue weighted by molar-refractivity contribution is -0.126. The molecule has 2 saturated carbocycles. The molecule has 2 heterocycles. The van der Waals surface area contributed by atoms with Gasteiger partial charge in [-0.25, -0.2) is 8.78 Å². The third-order valence-electron chi connectivity index (χ3n) is 8.72. The minimum absolute atomic E-state index is 0.171. The molecule has 1 aromatic heterocycles. The lowest BCUT2D eigenvalue weighted by Gasteiger charge is -2.13. The zero-order valence-corrected chi connectivity index (χ0v) is 26.2. The van der Waals surface area contributed by atoms with Crippen molar-refractivity contribution in [2.75, 3.05) is 37.4 Å². The Morgan fingerprint density at radius 1 is 1.00 bits per heavy atom. The van der Waals surface area contributed by atoms with Crippen LogP contribution in [0, 0.1) is 17.0 Å². The van der Waals surface area contributed by atoms with Gasteiger partial charge in [0, 0.05) is 48.2 Å². The Morgan fingerprint density at radius 3 is 2.47 bits per heavy atom. The molecule has 3 aromatic carbocycles. The molecule has 246 valence electrons. The highest BCUT2D eigenvalue weighted by Gasteiger charge is 2.50. The van der Waals surface area contributed by atoms with Gasteiger partial charge in [-0.1, -0.05) is 0 Å². The maximum Gasteiger partial charge on any atom is 0.237 e. The highest BCUT2D eigenvalue weighted by Crippen LogP contribution is 2.47. The number of hydrogen-bond acceptors (Lipinski definition) is 8. The number of halogens is 2. The molecule has 0 bridgehead atoms. The van der Waals surface area contributed by atoms with Gasteiger partial charge in [-0.05, 0) is 99.7 Å². The number of anilines is 2. The molecule has 7 rings (SSSR count). The Hall–Kier alpha value is -4.61. The lowest BCUT2D eigenvalue weighted by atomic mass is 10.1. The first-order chi connectivity index (χ1) is 22.8. The molecule has 3 aliphatic rings. The predicted octanol–water partition coefficient (Wildman–Crippen LogP) is 6.63. The maximum atomic E-state index is 14.3. The summed E-state index contributed by atoms with van der Waals surface area (Å²) in [5, 5.41) is 9.86. The van der Waals surface area contributed by atoms with E-state index >= 15 is 0 Å². The van der Waals surface area contributed by atoms with E-state index in [1.165, 1.54) is 43.2 Å². The largest absolute Gasteiger partial charge is 0.493 e. The first-order valence-corrected chi connectivity index (χ1v) is 15.9. The Balaban J connectivity index is 0.000000215. The van der Waals surface area contributed by atoms with Gasteiger partial charge in [-0.2, -0.15) is 0 Å². The van der Waals surface area contributed by atoms with Gasteiger partial charge >= 0.3 is 0 Å². The van der Waals surface area contributed by atoms with Gasteiger partial charge in [0.1, 0.15) is 29.0 Å². The molecule has 9 nitrogen and oxygen atoms in total.